The van der Waals surface area contributed by atoms with E-state index in [9.17, 15) is 0 Å². The molecule has 3 rings (SSSR count). The molecule has 0 aliphatic carbocycles. The quantitative estimate of drug-likeness (QED) is 0.942. The summed E-state index contributed by atoms with van der Waals surface area (Å²) in [5, 5.41) is 14.1. The molecule has 2 aromatic rings. The lowest BCUT2D eigenvalue weighted by Crippen LogP contribution is -2.37. The maximum absolute atomic E-state index is 5.96. The lowest BCUT2D eigenvalue weighted by atomic mass is 10.1. The van der Waals surface area contributed by atoms with E-state index in [1.807, 2.05) is 18.2 Å². The largest absolute Gasteiger partial charge is 0.483 e. The van der Waals surface area contributed by atoms with E-state index in [0.717, 1.165) is 35.2 Å². The van der Waals surface area contributed by atoms with Gasteiger partial charge in [0.25, 0.3) is 0 Å². The van der Waals surface area contributed by atoms with Gasteiger partial charge in [-0.1, -0.05) is 29.5 Å². The molecule has 1 N–H and O–H groups in total. The van der Waals surface area contributed by atoms with Gasteiger partial charge in [0.15, 0.2) is 11.1 Å². The van der Waals surface area contributed by atoms with Gasteiger partial charge in [-0.15, -0.1) is 10.2 Å². The molecular formula is C16H21N3OS. The number of hydrogen-bond acceptors (Lipinski definition) is 5. The highest BCUT2D eigenvalue weighted by Crippen LogP contribution is 2.37. The number of benzene rings is 1. The van der Waals surface area contributed by atoms with Crippen molar-refractivity contribution in [3.05, 3.63) is 39.8 Å². The molecule has 5 heteroatoms. The predicted molar refractivity (Wildman–Crippen MR) is 84.9 cm³/mol. The van der Waals surface area contributed by atoms with Crippen molar-refractivity contribution in [1.82, 2.24) is 15.5 Å². The molecule has 1 aliphatic heterocycles. The molecule has 0 radical (unpaired) electrons. The third-order valence-electron chi connectivity index (χ3n) is 3.40. The highest BCUT2D eigenvalue weighted by atomic mass is 32.1. The summed E-state index contributed by atoms with van der Waals surface area (Å²) in [6.45, 7) is 7.43. The second-order valence-corrected chi connectivity index (χ2v) is 7.47. The van der Waals surface area contributed by atoms with Crippen LogP contribution in [-0.4, -0.2) is 22.3 Å². The highest BCUT2D eigenvalue weighted by molar-refractivity contribution is 7.11. The van der Waals surface area contributed by atoms with Gasteiger partial charge in [0.2, 0.25) is 0 Å². The summed E-state index contributed by atoms with van der Waals surface area (Å²) in [5.41, 5.74) is 1.40. The first kappa shape index (κ1) is 14.5. The van der Waals surface area contributed by atoms with Crippen molar-refractivity contribution in [2.24, 2.45) is 0 Å². The van der Waals surface area contributed by atoms with E-state index in [1.54, 1.807) is 11.3 Å². The molecule has 1 aliphatic rings. The number of nitrogens with one attached hydrogen (secondary N) is 1. The standard InChI is InChI=1S/C16H21N3OS/c1-16(2,3)17-9-8-14-18-19-15(21-14)13-10-11-6-4-5-7-12(11)20-13/h4-7,13,17H,8-10H2,1-3H3. The Kier molecular flexibility index (Phi) is 3.95. The topological polar surface area (TPSA) is 47.0 Å². The Morgan fingerprint density at radius 2 is 2.10 bits per heavy atom. The predicted octanol–water partition coefficient (Wildman–Crippen LogP) is 3.14. The molecule has 21 heavy (non-hydrogen) atoms. The minimum absolute atomic E-state index is 0.0317. The smallest absolute Gasteiger partial charge is 0.158 e. The average Bonchev–Trinajstić information content (AvgIpc) is 3.02. The molecule has 4 nitrogen and oxygen atoms in total. The molecular weight excluding hydrogens is 282 g/mol. The van der Waals surface area contributed by atoms with Gasteiger partial charge in [-0.2, -0.15) is 0 Å². The summed E-state index contributed by atoms with van der Waals surface area (Å²) in [4.78, 5) is 0. The second-order valence-electron chi connectivity index (χ2n) is 6.38. The third-order valence-corrected chi connectivity index (χ3v) is 4.47. The number of rotatable bonds is 4. The van der Waals surface area contributed by atoms with Crippen LogP contribution in [0.3, 0.4) is 0 Å². The molecule has 0 fully saturated rings. The van der Waals surface area contributed by atoms with E-state index in [4.69, 9.17) is 4.74 Å². The zero-order chi connectivity index (χ0) is 14.9. The lowest BCUT2D eigenvalue weighted by Gasteiger charge is -2.19. The number of nitrogens with zero attached hydrogens (tertiary/aromatic N) is 2. The molecule has 1 aromatic heterocycles. The van der Waals surface area contributed by atoms with Crippen molar-refractivity contribution in [3.8, 4) is 5.75 Å². The fraction of sp³-hybridized carbons (Fsp3) is 0.500. The van der Waals surface area contributed by atoms with Gasteiger partial charge in [0.05, 0.1) is 0 Å². The number of fused-ring (bicyclic) bond motifs is 1. The van der Waals surface area contributed by atoms with Crippen molar-refractivity contribution < 1.29 is 4.74 Å². The van der Waals surface area contributed by atoms with E-state index < -0.39 is 0 Å². The molecule has 0 saturated carbocycles. The van der Waals surface area contributed by atoms with Crippen LogP contribution in [0.5, 0.6) is 5.75 Å². The lowest BCUT2D eigenvalue weighted by molar-refractivity contribution is 0.237. The summed E-state index contributed by atoms with van der Waals surface area (Å²) in [6.07, 6.45) is 1.84. The minimum atomic E-state index is 0.0317. The van der Waals surface area contributed by atoms with Gasteiger partial charge in [0.1, 0.15) is 10.8 Å². The third kappa shape index (κ3) is 3.60. The normalized spacial score (nSPS) is 17.6. The van der Waals surface area contributed by atoms with Crippen LogP contribution < -0.4 is 10.1 Å². The van der Waals surface area contributed by atoms with Gasteiger partial charge in [-0.3, -0.25) is 0 Å². The number of aromatic nitrogens is 2. The van der Waals surface area contributed by atoms with Crippen molar-refractivity contribution >= 4 is 11.3 Å². The number of hydrogen-bond donors (Lipinski definition) is 1. The fourth-order valence-corrected chi connectivity index (χ4v) is 3.23. The van der Waals surface area contributed by atoms with Crippen molar-refractivity contribution in [2.45, 2.75) is 45.3 Å². The Balaban J connectivity index is 1.59. The van der Waals surface area contributed by atoms with Gasteiger partial charge in [0, 0.05) is 24.9 Å². The van der Waals surface area contributed by atoms with Gasteiger partial charge in [-0.25, -0.2) is 0 Å². The minimum Gasteiger partial charge on any atom is -0.483 e. The highest BCUT2D eigenvalue weighted by Gasteiger charge is 2.27. The zero-order valence-corrected chi connectivity index (χ0v) is 13.5. The van der Waals surface area contributed by atoms with Crippen molar-refractivity contribution in [2.75, 3.05) is 6.54 Å². The molecule has 2 heterocycles. The van der Waals surface area contributed by atoms with Crippen LogP contribution in [0, 0.1) is 0 Å². The van der Waals surface area contributed by atoms with E-state index in [2.05, 4.69) is 42.4 Å². The molecule has 0 saturated heterocycles. The summed E-state index contributed by atoms with van der Waals surface area (Å²) in [7, 11) is 0. The summed E-state index contributed by atoms with van der Waals surface area (Å²) in [6, 6.07) is 8.19. The Bertz CT molecular complexity index is 593. The Labute approximate surface area is 129 Å². The first-order valence-corrected chi connectivity index (χ1v) is 8.15. The van der Waals surface area contributed by atoms with Crippen LogP contribution in [-0.2, 0) is 12.8 Å². The van der Waals surface area contributed by atoms with Crippen LogP contribution in [0.15, 0.2) is 24.3 Å². The van der Waals surface area contributed by atoms with E-state index >= 15 is 0 Å². The summed E-state index contributed by atoms with van der Waals surface area (Å²) < 4.78 is 5.96. The van der Waals surface area contributed by atoms with Crippen LogP contribution >= 0.6 is 11.3 Å². The van der Waals surface area contributed by atoms with Crippen LogP contribution in [0.25, 0.3) is 0 Å². The average molecular weight is 303 g/mol. The first-order chi connectivity index (χ1) is 10.0. The molecule has 0 spiro atoms. The van der Waals surface area contributed by atoms with E-state index in [0.29, 0.717) is 0 Å². The monoisotopic (exact) mass is 303 g/mol. The summed E-state index contributed by atoms with van der Waals surface area (Å²) >= 11 is 1.66. The first-order valence-electron chi connectivity index (χ1n) is 7.33. The maximum Gasteiger partial charge on any atom is 0.158 e. The zero-order valence-electron chi connectivity index (χ0n) is 12.7. The van der Waals surface area contributed by atoms with Crippen molar-refractivity contribution in [1.29, 1.82) is 0 Å². The Morgan fingerprint density at radius 1 is 1.29 bits per heavy atom. The van der Waals surface area contributed by atoms with Gasteiger partial charge < -0.3 is 10.1 Å². The van der Waals surface area contributed by atoms with Gasteiger partial charge in [-0.05, 0) is 32.4 Å². The Morgan fingerprint density at radius 3 is 2.86 bits per heavy atom. The molecule has 1 atom stereocenters. The number of para-hydroxylation sites is 1. The molecule has 1 aromatic carbocycles. The molecule has 112 valence electrons. The van der Waals surface area contributed by atoms with E-state index in [1.165, 1.54) is 5.56 Å². The van der Waals surface area contributed by atoms with Crippen LogP contribution in [0.4, 0.5) is 0 Å². The summed E-state index contributed by atoms with van der Waals surface area (Å²) in [5.74, 6) is 0.980. The Hall–Kier alpha value is -1.46. The SMILES string of the molecule is CC(C)(C)NCCc1nnc(C2Cc3ccccc3O2)s1. The van der Waals surface area contributed by atoms with Crippen molar-refractivity contribution in [3.63, 3.8) is 0 Å². The molecule has 0 amide bonds. The van der Waals surface area contributed by atoms with E-state index in [-0.39, 0.29) is 11.6 Å². The van der Waals surface area contributed by atoms with Crippen LogP contribution in [0.2, 0.25) is 0 Å². The number of ether oxygens (including phenoxy) is 1. The maximum atomic E-state index is 5.96. The second kappa shape index (κ2) is 5.73. The molecule has 1 unspecified atom stereocenters. The fourth-order valence-electron chi connectivity index (χ4n) is 2.36. The molecule has 0 bridgehead atoms. The van der Waals surface area contributed by atoms with Crippen LogP contribution in [0.1, 0.15) is 42.5 Å². The van der Waals surface area contributed by atoms with Gasteiger partial charge >= 0.3 is 0 Å².